The highest BCUT2D eigenvalue weighted by molar-refractivity contribution is 5.96. The van der Waals surface area contributed by atoms with Gasteiger partial charge in [-0.15, -0.1) is 0 Å². The molecule has 0 heterocycles. The number of allylic oxidation sites excluding steroid dienone is 1. The molecule has 0 aromatic heterocycles. The topological polar surface area (TPSA) is 52.6 Å². The van der Waals surface area contributed by atoms with Crippen LogP contribution in [0.1, 0.15) is 46.5 Å². The molecule has 0 N–H and O–H groups in total. The van der Waals surface area contributed by atoms with Crippen molar-refractivity contribution in [2.75, 3.05) is 14.2 Å². The number of fused-ring (bicyclic) bond motifs is 1. The van der Waals surface area contributed by atoms with Crippen LogP contribution in [-0.2, 0) is 19.1 Å². The molecule has 4 heteroatoms. The molecule has 0 spiro atoms. The summed E-state index contributed by atoms with van der Waals surface area (Å²) in [5.41, 5.74) is 0.394. The maximum absolute atomic E-state index is 12.4. The second-order valence-corrected chi connectivity index (χ2v) is 7.24. The van der Waals surface area contributed by atoms with Gasteiger partial charge in [0.2, 0.25) is 0 Å². The molecule has 0 aromatic carbocycles. The predicted molar refractivity (Wildman–Crippen MR) is 79.5 cm³/mol. The van der Waals surface area contributed by atoms with Gasteiger partial charge in [0.1, 0.15) is 0 Å². The molecule has 0 aromatic rings. The van der Waals surface area contributed by atoms with Crippen LogP contribution >= 0.6 is 0 Å². The van der Waals surface area contributed by atoms with Gasteiger partial charge in [-0.2, -0.15) is 0 Å². The minimum absolute atomic E-state index is 0.164. The third kappa shape index (κ3) is 2.49. The van der Waals surface area contributed by atoms with Crippen molar-refractivity contribution in [2.24, 2.45) is 22.7 Å². The van der Waals surface area contributed by atoms with E-state index in [0.717, 1.165) is 25.7 Å². The number of hydrogen-bond donors (Lipinski definition) is 0. The van der Waals surface area contributed by atoms with Crippen molar-refractivity contribution in [1.82, 2.24) is 0 Å². The Morgan fingerprint density at radius 2 is 1.81 bits per heavy atom. The number of carbonyl (C=O) groups excluding carboxylic acids is 2. The number of esters is 2. The highest BCUT2D eigenvalue weighted by Crippen LogP contribution is 2.59. The zero-order valence-electron chi connectivity index (χ0n) is 13.7. The molecule has 0 bridgehead atoms. The Balaban J connectivity index is 2.51. The standard InChI is InChI=1S/C17H26O4/c1-16(2)9-6-10-17(3)12(16)8-7-11(14(18)20-4)13(17)15(19)21-5/h7,12-13H,6,8-10H2,1-5H3/t12-,13?,17-/m1/s1. The van der Waals surface area contributed by atoms with Crippen LogP contribution in [0.2, 0.25) is 0 Å². The van der Waals surface area contributed by atoms with Crippen molar-refractivity contribution in [3.05, 3.63) is 11.6 Å². The van der Waals surface area contributed by atoms with Crippen molar-refractivity contribution in [1.29, 1.82) is 0 Å². The Labute approximate surface area is 126 Å². The molecule has 0 aliphatic heterocycles. The fourth-order valence-electron chi connectivity index (χ4n) is 4.65. The first kappa shape index (κ1) is 16.1. The monoisotopic (exact) mass is 294 g/mol. The van der Waals surface area contributed by atoms with Gasteiger partial charge in [-0.25, -0.2) is 4.79 Å². The first-order valence-electron chi connectivity index (χ1n) is 7.64. The highest BCUT2D eigenvalue weighted by atomic mass is 16.5. The van der Waals surface area contributed by atoms with E-state index in [-0.39, 0.29) is 16.8 Å². The summed E-state index contributed by atoms with van der Waals surface area (Å²) in [5, 5.41) is 0. The molecular weight excluding hydrogens is 268 g/mol. The predicted octanol–water partition coefficient (Wildman–Crippen LogP) is 3.11. The molecule has 4 nitrogen and oxygen atoms in total. The highest BCUT2D eigenvalue weighted by Gasteiger charge is 2.56. The van der Waals surface area contributed by atoms with Crippen LogP contribution in [0, 0.1) is 22.7 Å². The lowest BCUT2D eigenvalue weighted by atomic mass is 9.48. The molecule has 2 aliphatic carbocycles. The van der Waals surface area contributed by atoms with Gasteiger partial charge in [0.25, 0.3) is 0 Å². The molecule has 2 aliphatic rings. The molecular formula is C17H26O4. The van der Waals surface area contributed by atoms with Crippen LogP contribution < -0.4 is 0 Å². The quantitative estimate of drug-likeness (QED) is 0.734. The van der Waals surface area contributed by atoms with Crippen molar-refractivity contribution in [3.8, 4) is 0 Å². The van der Waals surface area contributed by atoms with E-state index in [9.17, 15) is 9.59 Å². The first-order valence-corrected chi connectivity index (χ1v) is 7.64. The van der Waals surface area contributed by atoms with Gasteiger partial charge < -0.3 is 9.47 Å². The van der Waals surface area contributed by atoms with Crippen LogP contribution in [0.3, 0.4) is 0 Å². The van der Waals surface area contributed by atoms with Crippen molar-refractivity contribution in [3.63, 3.8) is 0 Å². The minimum Gasteiger partial charge on any atom is -0.469 e. The third-order valence-electron chi connectivity index (χ3n) is 5.68. The van der Waals surface area contributed by atoms with Gasteiger partial charge >= 0.3 is 11.9 Å². The Morgan fingerprint density at radius 1 is 1.14 bits per heavy atom. The average molecular weight is 294 g/mol. The summed E-state index contributed by atoms with van der Waals surface area (Å²) in [4.78, 5) is 24.5. The lowest BCUT2D eigenvalue weighted by molar-refractivity contribution is -0.158. The van der Waals surface area contributed by atoms with E-state index in [1.807, 2.05) is 6.08 Å². The van der Waals surface area contributed by atoms with E-state index in [0.29, 0.717) is 11.5 Å². The van der Waals surface area contributed by atoms with Crippen molar-refractivity contribution >= 4 is 11.9 Å². The van der Waals surface area contributed by atoms with E-state index in [1.165, 1.54) is 14.2 Å². The summed E-state index contributed by atoms with van der Waals surface area (Å²) in [6.45, 7) is 6.66. The zero-order chi connectivity index (χ0) is 15.8. The Kier molecular flexibility index (Phi) is 4.18. The number of rotatable bonds is 2. The summed E-state index contributed by atoms with van der Waals surface area (Å²) in [5.74, 6) is -0.880. The van der Waals surface area contributed by atoms with Crippen LogP contribution in [-0.4, -0.2) is 26.2 Å². The third-order valence-corrected chi connectivity index (χ3v) is 5.68. The average Bonchev–Trinajstić information content (AvgIpc) is 2.43. The molecule has 1 saturated carbocycles. The van der Waals surface area contributed by atoms with Crippen LogP contribution in [0.15, 0.2) is 11.6 Å². The number of hydrogen-bond acceptors (Lipinski definition) is 4. The SMILES string of the molecule is COC(=O)C1=CC[C@@H]2C(C)(C)CCC[C@@]2(C)C1C(=O)OC. The van der Waals surface area contributed by atoms with E-state index in [4.69, 9.17) is 9.47 Å². The lowest BCUT2D eigenvalue weighted by Crippen LogP contribution is -2.52. The number of ether oxygens (including phenoxy) is 2. The van der Waals surface area contributed by atoms with Gasteiger partial charge in [-0.1, -0.05) is 33.3 Å². The number of carbonyl (C=O) groups is 2. The maximum atomic E-state index is 12.4. The first-order chi connectivity index (χ1) is 9.78. The zero-order valence-corrected chi connectivity index (χ0v) is 13.7. The lowest BCUT2D eigenvalue weighted by Gasteiger charge is -2.55. The normalized spacial score (nSPS) is 34.4. The molecule has 3 atom stereocenters. The fraction of sp³-hybridized carbons (Fsp3) is 0.765. The summed E-state index contributed by atoms with van der Waals surface area (Å²) < 4.78 is 9.89. The minimum atomic E-state index is -0.520. The van der Waals surface area contributed by atoms with Gasteiger partial charge in [-0.05, 0) is 36.0 Å². The van der Waals surface area contributed by atoms with E-state index >= 15 is 0 Å². The van der Waals surface area contributed by atoms with Gasteiger partial charge in [0.15, 0.2) is 0 Å². The smallest absolute Gasteiger partial charge is 0.334 e. The summed E-state index contributed by atoms with van der Waals surface area (Å²) in [6, 6.07) is 0. The molecule has 0 amide bonds. The van der Waals surface area contributed by atoms with Crippen molar-refractivity contribution < 1.29 is 19.1 Å². The summed E-state index contributed by atoms with van der Waals surface area (Å²) >= 11 is 0. The van der Waals surface area contributed by atoms with Gasteiger partial charge in [0.05, 0.1) is 20.1 Å². The van der Waals surface area contributed by atoms with Crippen molar-refractivity contribution in [2.45, 2.75) is 46.5 Å². The molecule has 0 saturated heterocycles. The fourth-order valence-corrected chi connectivity index (χ4v) is 4.65. The second kappa shape index (κ2) is 5.47. The largest absolute Gasteiger partial charge is 0.469 e. The Bertz CT molecular complexity index is 477. The maximum Gasteiger partial charge on any atom is 0.334 e. The molecule has 0 radical (unpaired) electrons. The molecule has 1 unspecified atom stereocenters. The van der Waals surface area contributed by atoms with Gasteiger partial charge in [0, 0.05) is 5.57 Å². The summed E-state index contributed by atoms with van der Waals surface area (Å²) in [7, 11) is 2.74. The van der Waals surface area contributed by atoms with E-state index in [1.54, 1.807) is 0 Å². The number of methoxy groups -OCH3 is 2. The molecule has 118 valence electrons. The molecule has 2 rings (SSSR count). The Hall–Kier alpha value is -1.32. The summed E-state index contributed by atoms with van der Waals surface area (Å²) in [6.07, 6.45) is 5.88. The Morgan fingerprint density at radius 3 is 2.38 bits per heavy atom. The van der Waals surface area contributed by atoms with Gasteiger partial charge in [-0.3, -0.25) is 4.79 Å². The molecule has 1 fully saturated rings. The second-order valence-electron chi connectivity index (χ2n) is 7.24. The van der Waals surface area contributed by atoms with E-state index < -0.39 is 11.9 Å². The van der Waals surface area contributed by atoms with Crippen LogP contribution in [0.5, 0.6) is 0 Å². The van der Waals surface area contributed by atoms with Crippen LogP contribution in [0.4, 0.5) is 0 Å². The molecule has 21 heavy (non-hydrogen) atoms. The van der Waals surface area contributed by atoms with E-state index in [2.05, 4.69) is 20.8 Å². The van der Waals surface area contributed by atoms with Crippen LogP contribution in [0.25, 0.3) is 0 Å².